The van der Waals surface area contributed by atoms with Crippen LogP contribution in [0.1, 0.15) is 20.3 Å². The fourth-order valence-electron chi connectivity index (χ4n) is 0.858. The van der Waals surface area contributed by atoms with Gasteiger partial charge in [0.15, 0.2) is 5.45 Å². The molecule has 0 fully saturated rings. The van der Waals surface area contributed by atoms with Crippen molar-refractivity contribution in [2.24, 2.45) is 11.1 Å². The van der Waals surface area contributed by atoms with Gasteiger partial charge < -0.3 is 14.3 Å². The lowest BCUT2D eigenvalue weighted by Crippen LogP contribution is -2.07. The van der Waals surface area contributed by atoms with Crippen LogP contribution in [0.3, 0.4) is 0 Å². The first-order valence-electron chi connectivity index (χ1n) is 3.93. The SMILES string of the molecule is COP(=O)(OC)/C(CC(C)C)=N/O. The maximum Gasteiger partial charge on any atom is 0.378 e. The fraction of sp³-hybridized carbons (Fsp3) is 0.857. The smallest absolute Gasteiger partial charge is 0.378 e. The lowest BCUT2D eigenvalue weighted by molar-refractivity contribution is 0.281. The van der Waals surface area contributed by atoms with Crippen molar-refractivity contribution < 1.29 is 18.8 Å². The van der Waals surface area contributed by atoms with Gasteiger partial charge in [0.2, 0.25) is 0 Å². The zero-order valence-corrected chi connectivity index (χ0v) is 9.25. The first kappa shape index (κ1) is 12.6. The highest BCUT2D eigenvalue weighted by molar-refractivity contribution is 7.72. The maximum absolute atomic E-state index is 11.7. The van der Waals surface area contributed by atoms with Crippen LogP contribution in [0.15, 0.2) is 5.16 Å². The highest BCUT2D eigenvalue weighted by Crippen LogP contribution is 2.49. The molecule has 13 heavy (non-hydrogen) atoms. The van der Waals surface area contributed by atoms with E-state index in [1.807, 2.05) is 13.8 Å². The molecule has 0 unspecified atom stereocenters. The average molecular weight is 209 g/mol. The Balaban J connectivity index is 4.66. The summed E-state index contributed by atoms with van der Waals surface area (Å²) in [7, 11) is -0.826. The number of nitrogens with zero attached hydrogens (tertiary/aromatic N) is 1. The Hall–Kier alpha value is -0.380. The predicted molar refractivity (Wildman–Crippen MR) is 50.3 cm³/mol. The van der Waals surface area contributed by atoms with E-state index >= 15 is 0 Å². The Morgan fingerprint density at radius 3 is 2.15 bits per heavy atom. The summed E-state index contributed by atoms with van der Waals surface area (Å²) < 4.78 is 21.0. The number of oxime groups is 1. The van der Waals surface area contributed by atoms with E-state index in [0.717, 1.165) is 0 Å². The highest BCUT2D eigenvalue weighted by Gasteiger charge is 2.30. The lowest BCUT2D eigenvalue weighted by Gasteiger charge is -2.15. The van der Waals surface area contributed by atoms with E-state index in [9.17, 15) is 4.57 Å². The second kappa shape index (κ2) is 5.37. The topological polar surface area (TPSA) is 68.1 Å². The van der Waals surface area contributed by atoms with E-state index in [0.29, 0.717) is 6.42 Å². The summed E-state index contributed by atoms with van der Waals surface area (Å²) >= 11 is 0. The Kier molecular flexibility index (Phi) is 5.21. The predicted octanol–water partition coefficient (Wildman–Crippen LogP) is 2.31. The molecule has 0 atom stereocenters. The summed E-state index contributed by atoms with van der Waals surface area (Å²) in [5, 5.41) is 11.6. The van der Waals surface area contributed by atoms with Gasteiger partial charge in [-0.2, -0.15) is 0 Å². The van der Waals surface area contributed by atoms with Crippen LogP contribution in [0.25, 0.3) is 0 Å². The van der Waals surface area contributed by atoms with E-state index < -0.39 is 7.60 Å². The van der Waals surface area contributed by atoms with Crippen molar-refractivity contribution in [1.29, 1.82) is 0 Å². The lowest BCUT2D eigenvalue weighted by atomic mass is 10.1. The van der Waals surface area contributed by atoms with Crippen LogP contribution >= 0.6 is 7.60 Å². The van der Waals surface area contributed by atoms with Crippen LogP contribution in [0.4, 0.5) is 0 Å². The molecule has 78 valence electrons. The second-order valence-corrected chi connectivity index (χ2v) is 5.22. The van der Waals surface area contributed by atoms with Gasteiger partial charge in [-0.3, -0.25) is 4.57 Å². The third-order valence-electron chi connectivity index (χ3n) is 1.50. The second-order valence-electron chi connectivity index (χ2n) is 2.98. The molecular weight excluding hydrogens is 193 g/mol. The molecule has 0 amide bonds. The van der Waals surface area contributed by atoms with Crippen LogP contribution in [-0.4, -0.2) is 24.9 Å². The van der Waals surface area contributed by atoms with Gasteiger partial charge in [0.1, 0.15) is 0 Å². The Bertz CT molecular complexity index is 219. The monoisotopic (exact) mass is 209 g/mol. The van der Waals surface area contributed by atoms with Crippen LogP contribution in [0, 0.1) is 5.92 Å². The Labute approximate surface area is 78.3 Å². The number of hydrogen-bond acceptors (Lipinski definition) is 5. The number of hydrogen-bond donors (Lipinski definition) is 1. The van der Waals surface area contributed by atoms with Gasteiger partial charge in [0.25, 0.3) is 0 Å². The zero-order chi connectivity index (χ0) is 10.5. The third kappa shape index (κ3) is 3.46. The van der Waals surface area contributed by atoms with Crippen molar-refractivity contribution >= 4 is 13.0 Å². The molecule has 0 radical (unpaired) electrons. The Morgan fingerprint density at radius 1 is 1.46 bits per heavy atom. The minimum absolute atomic E-state index is 0.0625. The van der Waals surface area contributed by atoms with Crippen LogP contribution < -0.4 is 0 Å². The first-order chi connectivity index (χ1) is 6.00. The zero-order valence-electron chi connectivity index (χ0n) is 8.35. The molecule has 0 saturated carbocycles. The average Bonchev–Trinajstić information content (AvgIpc) is 2.12. The van der Waals surface area contributed by atoms with Gasteiger partial charge in [-0.25, -0.2) is 0 Å². The molecule has 6 heteroatoms. The molecule has 1 N–H and O–H groups in total. The van der Waals surface area contributed by atoms with Crippen molar-refractivity contribution in [3.63, 3.8) is 0 Å². The van der Waals surface area contributed by atoms with Gasteiger partial charge in [-0.05, 0) is 5.92 Å². The summed E-state index contributed by atoms with van der Waals surface area (Å²) in [6, 6.07) is 0. The van der Waals surface area contributed by atoms with Gasteiger partial charge in [0.05, 0.1) is 0 Å². The van der Waals surface area contributed by atoms with Gasteiger partial charge in [-0.15, -0.1) is 0 Å². The normalized spacial score (nSPS) is 13.8. The summed E-state index contributed by atoms with van der Waals surface area (Å²) in [5.41, 5.74) is 0.0625. The molecule has 0 aromatic heterocycles. The largest absolute Gasteiger partial charge is 0.410 e. The molecule has 0 aromatic rings. The summed E-state index contributed by atoms with van der Waals surface area (Å²) in [5.74, 6) is 0.226. The van der Waals surface area contributed by atoms with E-state index in [1.54, 1.807) is 0 Å². The van der Waals surface area contributed by atoms with Crippen molar-refractivity contribution in [2.75, 3.05) is 14.2 Å². The third-order valence-corrected chi connectivity index (χ3v) is 3.37. The van der Waals surface area contributed by atoms with E-state index in [-0.39, 0.29) is 11.4 Å². The number of rotatable bonds is 5. The van der Waals surface area contributed by atoms with Crippen molar-refractivity contribution in [2.45, 2.75) is 20.3 Å². The molecule has 0 spiro atoms. The van der Waals surface area contributed by atoms with Crippen molar-refractivity contribution in [1.82, 2.24) is 0 Å². The molecule has 0 aliphatic carbocycles. The molecular formula is C7H16NO4P. The minimum Gasteiger partial charge on any atom is -0.410 e. The van der Waals surface area contributed by atoms with Crippen LogP contribution in [-0.2, 0) is 13.6 Å². The first-order valence-corrected chi connectivity index (χ1v) is 5.47. The standard InChI is InChI=1S/C7H16NO4P/c1-6(2)5-7(8-9)13(10,11-3)12-4/h6,9H,5H2,1-4H3/b8-7+. The molecule has 5 nitrogen and oxygen atoms in total. The molecule has 0 aliphatic rings. The highest BCUT2D eigenvalue weighted by atomic mass is 31.2. The van der Waals surface area contributed by atoms with Crippen molar-refractivity contribution in [3.8, 4) is 0 Å². The van der Waals surface area contributed by atoms with Crippen LogP contribution in [0.5, 0.6) is 0 Å². The van der Waals surface area contributed by atoms with E-state index in [1.165, 1.54) is 14.2 Å². The maximum atomic E-state index is 11.7. The summed E-state index contributed by atoms with van der Waals surface area (Å²) in [6.45, 7) is 3.84. The van der Waals surface area contributed by atoms with Crippen molar-refractivity contribution in [3.05, 3.63) is 0 Å². The molecule has 0 aliphatic heterocycles. The summed E-state index contributed by atoms with van der Waals surface area (Å²) in [4.78, 5) is 0. The van der Waals surface area contributed by atoms with E-state index in [4.69, 9.17) is 5.21 Å². The van der Waals surface area contributed by atoms with Gasteiger partial charge in [0, 0.05) is 20.6 Å². The molecule has 0 saturated heterocycles. The molecule has 0 bridgehead atoms. The van der Waals surface area contributed by atoms with Crippen LogP contribution in [0.2, 0.25) is 0 Å². The van der Waals surface area contributed by atoms with Gasteiger partial charge in [-0.1, -0.05) is 19.0 Å². The van der Waals surface area contributed by atoms with E-state index in [2.05, 4.69) is 14.2 Å². The fourth-order valence-corrected chi connectivity index (χ4v) is 2.13. The minimum atomic E-state index is -3.35. The quantitative estimate of drug-likeness (QED) is 0.326. The summed E-state index contributed by atoms with van der Waals surface area (Å²) in [6.07, 6.45) is 0.384. The molecule has 0 rings (SSSR count). The molecule has 0 heterocycles. The van der Waals surface area contributed by atoms with Gasteiger partial charge >= 0.3 is 7.60 Å². The Morgan fingerprint density at radius 2 is 1.92 bits per heavy atom. The molecule has 0 aromatic carbocycles.